The van der Waals surface area contributed by atoms with E-state index >= 15 is 0 Å². The monoisotopic (exact) mass is 279 g/mol. The Labute approximate surface area is 117 Å². The van der Waals surface area contributed by atoms with Crippen LogP contribution < -0.4 is 9.64 Å². The van der Waals surface area contributed by atoms with Gasteiger partial charge in [-0.05, 0) is 19.1 Å². The fraction of sp³-hybridized carbons (Fsp3) is 0.429. The van der Waals surface area contributed by atoms with E-state index < -0.39 is 0 Å². The van der Waals surface area contributed by atoms with Gasteiger partial charge in [-0.3, -0.25) is 9.59 Å². The van der Waals surface area contributed by atoms with Gasteiger partial charge in [0.25, 0.3) is 0 Å². The lowest BCUT2D eigenvalue weighted by Gasteiger charge is -2.17. The number of anilines is 1. The zero-order valence-corrected chi connectivity index (χ0v) is 11.9. The van der Waals surface area contributed by atoms with Crippen LogP contribution in [0.5, 0.6) is 5.75 Å². The van der Waals surface area contributed by atoms with E-state index in [2.05, 4.69) is 0 Å². The van der Waals surface area contributed by atoms with Crippen molar-refractivity contribution in [3.63, 3.8) is 0 Å². The van der Waals surface area contributed by atoms with Crippen molar-refractivity contribution in [2.75, 3.05) is 18.1 Å². The first-order chi connectivity index (χ1) is 9.10. The first kappa shape index (κ1) is 13.9. The molecule has 0 radical (unpaired) electrons. The van der Waals surface area contributed by atoms with Crippen molar-refractivity contribution in [2.45, 2.75) is 25.5 Å². The number of benzene rings is 1. The van der Waals surface area contributed by atoms with Gasteiger partial charge in [0, 0.05) is 36.9 Å². The summed E-state index contributed by atoms with van der Waals surface area (Å²) in [6, 6.07) is 7.50. The highest BCUT2D eigenvalue weighted by Gasteiger charge is 2.31. The molecule has 102 valence electrons. The molecule has 0 aromatic heterocycles. The third-order valence-corrected chi connectivity index (χ3v) is 3.84. The predicted octanol–water partition coefficient (Wildman–Crippen LogP) is 2.47. The molecule has 0 spiro atoms. The molecule has 1 saturated heterocycles. The van der Waals surface area contributed by atoms with Crippen LogP contribution in [0.1, 0.15) is 20.3 Å². The Hall–Kier alpha value is -1.49. The molecule has 0 saturated carbocycles. The summed E-state index contributed by atoms with van der Waals surface area (Å²) >= 11 is 1.25. The standard InChI is InChI=1S/C14H17NO3S/c1-3-18-12-6-4-5-11(7-12)15-9-13(8-14(15)17)19-10(2)16/h4-7,13H,3,8-9H2,1-2H3. The SMILES string of the molecule is CCOc1cccc(N2CC(SC(C)=O)CC2=O)c1. The van der Waals surface area contributed by atoms with Crippen LogP contribution >= 0.6 is 11.8 Å². The molecule has 1 aliphatic rings. The molecule has 4 nitrogen and oxygen atoms in total. The van der Waals surface area contributed by atoms with Crippen molar-refractivity contribution in [3.05, 3.63) is 24.3 Å². The van der Waals surface area contributed by atoms with Crippen LogP contribution in [-0.4, -0.2) is 29.4 Å². The second-order valence-corrected chi connectivity index (χ2v) is 5.85. The van der Waals surface area contributed by atoms with Crippen molar-refractivity contribution in [1.29, 1.82) is 0 Å². The lowest BCUT2D eigenvalue weighted by Crippen LogP contribution is -2.24. The molecule has 1 atom stereocenters. The summed E-state index contributed by atoms with van der Waals surface area (Å²) in [5, 5.41) is 0.114. The number of carbonyl (C=O) groups excluding carboxylic acids is 2. The second kappa shape index (κ2) is 6.10. The lowest BCUT2D eigenvalue weighted by molar-refractivity contribution is -0.117. The normalized spacial score (nSPS) is 18.7. The third kappa shape index (κ3) is 3.50. The highest BCUT2D eigenvalue weighted by Crippen LogP contribution is 2.30. The zero-order chi connectivity index (χ0) is 13.8. The summed E-state index contributed by atoms with van der Waals surface area (Å²) in [5.41, 5.74) is 0.836. The molecule has 0 aliphatic carbocycles. The van der Waals surface area contributed by atoms with Crippen LogP contribution in [0, 0.1) is 0 Å². The number of hydrogen-bond donors (Lipinski definition) is 0. The van der Waals surface area contributed by atoms with E-state index in [1.165, 1.54) is 18.7 Å². The summed E-state index contributed by atoms with van der Waals surface area (Å²) in [4.78, 5) is 24.8. The van der Waals surface area contributed by atoms with E-state index in [-0.39, 0.29) is 16.3 Å². The fourth-order valence-corrected chi connectivity index (χ4v) is 3.06. The van der Waals surface area contributed by atoms with Crippen LogP contribution in [0.15, 0.2) is 24.3 Å². The summed E-state index contributed by atoms with van der Waals surface area (Å²) in [7, 11) is 0. The average molecular weight is 279 g/mol. The van der Waals surface area contributed by atoms with Crippen molar-refractivity contribution in [1.82, 2.24) is 0 Å². The average Bonchev–Trinajstić information content (AvgIpc) is 2.70. The molecule has 1 aromatic rings. The summed E-state index contributed by atoms with van der Waals surface area (Å²) in [6.45, 7) is 4.64. The van der Waals surface area contributed by atoms with Crippen LogP contribution in [0.2, 0.25) is 0 Å². The third-order valence-electron chi connectivity index (χ3n) is 2.86. The molecule has 2 rings (SSSR count). The van der Waals surface area contributed by atoms with Crippen LogP contribution in [0.4, 0.5) is 5.69 Å². The van der Waals surface area contributed by atoms with Gasteiger partial charge in [0.05, 0.1) is 6.61 Å². The quantitative estimate of drug-likeness (QED) is 0.849. The van der Waals surface area contributed by atoms with Gasteiger partial charge < -0.3 is 9.64 Å². The van der Waals surface area contributed by atoms with E-state index in [1.54, 1.807) is 4.90 Å². The minimum absolute atomic E-state index is 0.0562. The van der Waals surface area contributed by atoms with Gasteiger partial charge in [-0.1, -0.05) is 17.8 Å². The largest absolute Gasteiger partial charge is 0.494 e. The maximum atomic E-state index is 12.0. The number of ether oxygens (including phenoxy) is 1. The minimum Gasteiger partial charge on any atom is -0.494 e. The van der Waals surface area contributed by atoms with Gasteiger partial charge >= 0.3 is 0 Å². The topological polar surface area (TPSA) is 46.6 Å². The first-order valence-electron chi connectivity index (χ1n) is 6.30. The number of nitrogens with zero attached hydrogens (tertiary/aromatic N) is 1. The number of carbonyl (C=O) groups is 2. The van der Waals surface area contributed by atoms with Crippen LogP contribution in [-0.2, 0) is 9.59 Å². The smallest absolute Gasteiger partial charge is 0.228 e. The Bertz CT molecular complexity index is 489. The predicted molar refractivity (Wildman–Crippen MR) is 76.6 cm³/mol. The molecule has 1 fully saturated rings. The maximum absolute atomic E-state index is 12.0. The van der Waals surface area contributed by atoms with Gasteiger partial charge in [0.1, 0.15) is 5.75 Å². The molecule has 19 heavy (non-hydrogen) atoms. The van der Waals surface area contributed by atoms with Crippen LogP contribution in [0.25, 0.3) is 0 Å². The van der Waals surface area contributed by atoms with E-state index in [9.17, 15) is 9.59 Å². The summed E-state index contributed by atoms with van der Waals surface area (Å²) in [5.74, 6) is 0.822. The Kier molecular flexibility index (Phi) is 4.47. The highest BCUT2D eigenvalue weighted by molar-refractivity contribution is 8.14. The lowest BCUT2D eigenvalue weighted by atomic mass is 10.3. The zero-order valence-electron chi connectivity index (χ0n) is 11.1. The molecule has 1 unspecified atom stereocenters. The minimum atomic E-state index is 0.0562. The number of hydrogen-bond acceptors (Lipinski definition) is 4. The molecule has 1 aromatic carbocycles. The highest BCUT2D eigenvalue weighted by atomic mass is 32.2. The van der Waals surface area contributed by atoms with Crippen molar-refractivity contribution in [2.24, 2.45) is 0 Å². The fourth-order valence-electron chi connectivity index (χ4n) is 2.15. The molecule has 1 amide bonds. The van der Waals surface area contributed by atoms with Crippen molar-refractivity contribution < 1.29 is 14.3 Å². The van der Waals surface area contributed by atoms with Crippen molar-refractivity contribution >= 4 is 28.5 Å². The Morgan fingerprint density at radius 1 is 1.53 bits per heavy atom. The van der Waals surface area contributed by atoms with Gasteiger partial charge in [0.15, 0.2) is 5.12 Å². The molecule has 5 heteroatoms. The van der Waals surface area contributed by atoms with Crippen molar-refractivity contribution in [3.8, 4) is 5.75 Å². The Balaban J connectivity index is 2.11. The van der Waals surface area contributed by atoms with E-state index in [0.717, 1.165) is 11.4 Å². The maximum Gasteiger partial charge on any atom is 0.228 e. The van der Waals surface area contributed by atoms with Gasteiger partial charge in [-0.25, -0.2) is 0 Å². The van der Waals surface area contributed by atoms with E-state index in [0.29, 0.717) is 19.6 Å². The van der Waals surface area contributed by atoms with E-state index in [1.807, 2.05) is 31.2 Å². The van der Waals surface area contributed by atoms with E-state index in [4.69, 9.17) is 4.74 Å². The summed E-state index contributed by atoms with van der Waals surface area (Å²) in [6.07, 6.45) is 0.420. The molecule has 1 aliphatic heterocycles. The second-order valence-electron chi connectivity index (χ2n) is 4.37. The van der Waals surface area contributed by atoms with Crippen LogP contribution in [0.3, 0.4) is 0 Å². The first-order valence-corrected chi connectivity index (χ1v) is 7.18. The number of thioether (sulfide) groups is 1. The Morgan fingerprint density at radius 3 is 3.00 bits per heavy atom. The van der Waals surface area contributed by atoms with Gasteiger partial charge in [-0.15, -0.1) is 0 Å². The summed E-state index contributed by atoms with van der Waals surface area (Å²) < 4.78 is 5.44. The number of amides is 1. The molecule has 0 N–H and O–H groups in total. The molecule has 1 heterocycles. The molecule has 0 bridgehead atoms. The molecular formula is C14H17NO3S. The molecular weight excluding hydrogens is 262 g/mol. The van der Waals surface area contributed by atoms with Gasteiger partial charge in [-0.2, -0.15) is 0 Å². The number of rotatable bonds is 4. The van der Waals surface area contributed by atoms with Gasteiger partial charge in [0.2, 0.25) is 5.91 Å². The Morgan fingerprint density at radius 2 is 2.32 bits per heavy atom.